The number of esters is 1. The minimum atomic E-state index is -0.122. The highest BCUT2D eigenvalue weighted by molar-refractivity contribution is 5.69. The first-order valence-corrected chi connectivity index (χ1v) is 7.25. The maximum atomic E-state index is 11.2. The second-order valence-electron chi connectivity index (χ2n) is 4.70. The van der Waals surface area contributed by atoms with Gasteiger partial charge in [0.25, 0.3) is 0 Å². The zero-order valence-corrected chi connectivity index (χ0v) is 12.3. The van der Waals surface area contributed by atoms with Gasteiger partial charge in [0.05, 0.1) is 12.3 Å². The molecule has 0 bridgehead atoms. The van der Waals surface area contributed by atoms with Gasteiger partial charge in [-0.05, 0) is 43.7 Å². The summed E-state index contributed by atoms with van der Waals surface area (Å²) in [6.07, 6.45) is 4.95. The summed E-state index contributed by atoms with van der Waals surface area (Å²) in [4.78, 5) is 11.2. The molecule has 1 aromatic carbocycles. The van der Waals surface area contributed by atoms with Crippen molar-refractivity contribution in [1.29, 1.82) is 0 Å². The highest BCUT2D eigenvalue weighted by Crippen LogP contribution is 2.08. The summed E-state index contributed by atoms with van der Waals surface area (Å²) in [5.41, 5.74) is 2.26. The minimum absolute atomic E-state index is 0.122. The van der Waals surface area contributed by atoms with E-state index in [1.54, 1.807) is 6.20 Å². The predicted molar refractivity (Wildman–Crippen MR) is 81.1 cm³/mol. The number of carbonyl (C=O) groups excluding carboxylic acids is 1. The Hall–Kier alpha value is -2.14. The molecule has 0 saturated heterocycles. The molecule has 2 aromatic rings. The van der Waals surface area contributed by atoms with Crippen LogP contribution < -0.4 is 5.32 Å². The van der Waals surface area contributed by atoms with Crippen LogP contribution in [0.3, 0.4) is 0 Å². The summed E-state index contributed by atoms with van der Waals surface area (Å²) in [5.74, 6) is -0.122. The summed E-state index contributed by atoms with van der Waals surface area (Å²) in [7, 11) is 0. The molecule has 0 fully saturated rings. The van der Waals surface area contributed by atoms with Crippen molar-refractivity contribution in [3.63, 3.8) is 0 Å². The van der Waals surface area contributed by atoms with Gasteiger partial charge in [-0.25, -0.2) is 4.68 Å². The molecule has 112 valence electrons. The molecule has 5 nitrogen and oxygen atoms in total. The number of benzene rings is 1. The van der Waals surface area contributed by atoms with Gasteiger partial charge in [-0.3, -0.25) is 4.79 Å². The van der Waals surface area contributed by atoms with Crippen LogP contribution in [0.5, 0.6) is 0 Å². The van der Waals surface area contributed by atoms with E-state index in [9.17, 15) is 4.79 Å². The second kappa shape index (κ2) is 8.21. The number of carbonyl (C=O) groups is 1. The van der Waals surface area contributed by atoms with Gasteiger partial charge in [0, 0.05) is 25.4 Å². The number of aromatic nitrogens is 2. The van der Waals surface area contributed by atoms with Crippen molar-refractivity contribution in [2.24, 2.45) is 0 Å². The van der Waals surface area contributed by atoms with E-state index < -0.39 is 0 Å². The Bertz CT molecular complexity index is 535. The molecule has 0 atom stereocenters. The molecule has 21 heavy (non-hydrogen) atoms. The zero-order valence-electron chi connectivity index (χ0n) is 12.3. The molecule has 0 saturated carbocycles. The van der Waals surface area contributed by atoms with Gasteiger partial charge in [-0.2, -0.15) is 5.10 Å². The predicted octanol–water partition coefficient (Wildman–Crippen LogP) is 2.31. The van der Waals surface area contributed by atoms with Gasteiger partial charge in [0.1, 0.15) is 0 Å². The van der Waals surface area contributed by atoms with Crippen LogP contribution in [0.4, 0.5) is 0 Å². The lowest BCUT2D eigenvalue weighted by Gasteiger charge is -2.06. The van der Waals surface area contributed by atoms with Crippen LogP contribution in [0.15, 0.2) is 42.7 Å². The number of rotatable bonds is 8. The van der Waals surface area contributed by atoms with Crippen LogP contribution in [0, 0.1) is 0 Å². The number of ether oxygens (including phenoxy) is 1. The molecule has 0 spiro atoms. The molecular formula is C16H21N3O2. The van der Waals surface area contributed by atoms with Gasteiger partial charge in [0.2, 0.25) is 0 Å². The summed E-state index contributed by atoms with van der Waals surface area (Å²) >= 11 is 0. The van der Waals surface area contributed by atoms with Crippen molar-refractivity contribution in [3.05, 3.63) is 48.3 Å². The fourth-order valence-corrected chi connectivity index (χ4v) is 2.01. The smallest absolute Gasteiger partial charge is 0.305 e. The van der Waals surface area contributed by atoms with Crippen LogP contribution in [0.1, 0.15) is 25.3 Å². The van der Waals surface area contributed by atoms with Crippen molar-refractivity contribution < 1.29 is 9.53 Å². The van der Waals surface area contributed by atoms with Gasteiger partial charge >= 0.3 is 5.97 Å². The van der Waals surface area contributed by atoms with Crippen molar-refractivity contribution in [1.82, 2.24) is 15.1 Å². The SMILES string of the molecule is CCOC(=O)CCCNCc1ccc(-n2cccn2)cc1. The molecule has 5 heteroatoms. The topological polar surface area (TPSA) is 56.1 Å². The lowest BCUT2D eigenvalue weighted by atomic mass is 10.2. The van der Waals surface area contributed by atoms with Crippen molar-refractivity contribution in [2.75, 3.05) is 13.2 Å². The molecular weight excluding hydrogens is 266 g/mol. The maximum absolute atomic E-state index is 11.2. The van der Waals surface area contributed by atoms with Gasteiger partial charge in [-0.1, -0.05) is 12.1 Å². The van der Waals surface area contributed by atoms with Crippen LogP contribution in [0.25, 0.3) is 5.69 Å². The van der Waals surface area contributed by atoms with E-state index in [1.807, 2.05) is 36.0 Å². The molecule has 0 radical (unpaired) electrons. The normalized spacial score (nSPS) is 10.5. The average molecular weight is 287 g/mol. The number of nitrogens with zero attached hydrogens (tertiary/aromatic N) is 2. The maximum Gasteiger partial charge on any atom is 0.305 e. The molecule has 1 N–H and O–H groups in total. The molecule has 2 rings (SSSR count). The lowest BCUT2D eigenvalue weighted by molar-refractivity contribution is -0.143. The van der Waals surface area contributed by atoms with E-state index in [0.29, 0.717) is 13.0 Å². The third-order valence-corrected chi connectivity index (χ3v) is 3.07. The third-order valence-electron chi connectivity index (χ3n) is 3.07. The van der Waals surface area contributed by atoms with Gasteiger partial charge in [-0.15, -0.1) is 0 Å². The van der Waals surface area contributed by atoms with Crippen LogP contribution in [0.2, 0.25) is 0 Å². The van der Waals surface area contributed by atoms with E-state index in [-0.39, 0.29) is 5.97 Å². The summed E-state index contributed by atoms with van der Waals surface area (Å²) < 4.78 is 6.71. The third kappa shape index (κ3) is 5.04. The Morgan fingerprint density at radius 2 is 2.14 bits per heavy atom. The first kappa shape index (κ1) is 15.3. The Morgan fingerprint density at radius 1 is 1.33 bits per heavy atom. The van der Waals surface area contributed by atoms with E-state index in [0.717, 1.165) is 25.2 Å². The van der Waals surface area contributed by atoms with E-state index >= 15 is 0 Å². The highest BCUT2D eigenvalue weighted by Gasteiger charge is 2.01. The van der Waals surface area contributed by atoms with E-state index in [2.05, 4.69) is 22.5 Å². The largest absolute Gasteiger partial charge is 0.466 e. The second-order valence-corrected chi connectivity index (χ2v) is 4.70. The Labute approximate surface area is 124 Å². The Morgan fingerprint density at radius 3 is 2.81 bits per heavy atom. The number of nitrogens with one attached hydrogen (secondary N) is 1. The molecule has 1 heterocycles. The van der Waals surface area contributed by atoms with Crippen LogP contribution >= 0.6 is 0 Å². The number of hydrogen-bond acceptors (Lipinski definition) is 4. The standard InChI is InChI=1S/C16H21N3O2/c1-2-21-16(20)5-3-10-17-13-14-6-8-15(9-7-14)19-12-4-11-18-19/h4,6-9,11-12,17H,2-3,5,10,13H2,1H3. The molecule has 1 aromatic heterocycles. The fraction of sp³-hybridized carbons (Fsp3) is 0.375. The Balaban J connectivity index is 1.68. The molecule has 0 unspecified atom stereocenters. The number of hydrogen-bond donors (Lipinski definition) is 1. The first-order chi connectivity index (χ1) is 10.3. The summed E-state index contributed by atoms with van der Waals surface area (Å²) in [6, 6.07) is 10.1. The molecule has 0 amide bonds. The van der Waals surface area contributed by atoms with E-state index in [1.165, 1.54) is 5.56 Å². The van der Waals surface area contributed by atoms with Crippen LogP contribution in [-0.2, 0) is 16.1 Å². The van der Waals surface area contributed by atoms with Crippen molar-refractivity contribution in [2.45, 2.75) is 26.3 Å². The van der Waals surface area contributed by atoms with Crippen LogP contribution in [-0.4, -0.2) is 28.9 Å². The monoisotopic (exact) mass is 287 g/mol. The lowest BCUT2D eigenvalue weighted by Crippen LogP contribution is -2.16. The quantitative estimate of drug-likeness (QED) is 0.598. The fourth-order valence-electron chi connectivity index (χ4n) is 2.01. The van der Waals surface area contributed by atoms with Crippen molar-refractivity contribution >= 4 is 5.97 Å². The Kier molecular flexibility index (Phi) is 5.97. The molecule has 0 aliphatic carbocycles. The summed E-state index contributed by atoms with van der Waals surface area (Å²) in [5, 5.41) is 7.51. The van der Waals surface area contributed by atoms with E-state index in [4.69, 9.17) is 4.74 Å². The summed E-state index contributed by atoms with van der Waals surface area (Å²) in [6.45, 7) is 3.87. The van der Waals surface area contributed by atoms with Crippen molar-refractivity contribution in [3.8, 4) is 5.69 Å². The molecule has 0 aliphatic rings. The van der Waals surface area contributed by atoms with Gasteiger partial charge in [0.15, 0.2) is 0 Å². The zero-order chi connectivity index (χ0) is 14.9. The minimum Gasteiger partial charge on any atom is -0.466 e. The van der Waals surface area contributed by atoms with Gasteiger partial charge < -0.3 is 10.1 Å². The average Bonchev–Trinajstić information content (AvgIpc) is 3.02. The first-order valence-electron chi connectivity index (χ1n) is 7.25. The highest BCUT2D eigenvalue weighted by atomic mass is 16.5. The molecule has 0 aliphatic heterocycles.